The van der Waals surface area contributed by atoms with Crippen molar-refractivity contribution in [2.45, 2.75) is 25.2 Å². The average Bonchev–Trinajstić information content (AvgIpc) is 2.63. The van der Waals surface area contributed by atoms with Crippen molar-refractivity contribution in [3.05, 3.63) is 64.1 Å². The number of aryl methyl sites for hydroxylation is 1. The van der Waals surface area contributed by atoms with Crippen molar-refractivity contribution in [3.8, 4) is 0 Å². The van der Waals surface area contributed by atoms with E-state index in [1.165, 1.54) is 11.1 Å². The molecule has 2 aromatic carbocycles. The van der Waals surface area contributed by atoms with Crippen LogP contribution < -0.4 is 11.1 Å². The average molecular weight is 530 g/mol. The molecule has 0 bridgehead atoms. The van der Waals surface area contributed by atoms with E-state index in [2.05, 4.69) is 69.6 Å². The van der Waals surface area contributed by atoms with Gasteiger partial charge in [0.15, 0.2) is 5.96 Å². The van der Waals surface area contributed by atoms with Crippen molar-refractivity contribution >= 4 is 51.6 Å². The molecule has 0 unspecified atom stereocenters. The van der Waals surface area contributed by atoms with Crippen LogP contribution in [0.15, 0.2) is 58.0 Å². The Morgan fingerprint density at radius 2 is 1.73 bits per heavy atom. The second-order valence-corrected chi connectivity index (χ2v) is 7.51. The molecule has 2 aromatic rings. The zero-order valence-electron chi connectivity index (χ0n) is 14.9. The predicted octanol–water partition coefficient (Wildman–Crippen LogP) is 4.85. The van der Waals surface area contributed by atoms with Crippen LogP contribution in [0.25, 0.3) is 0 Å². The van der Waals surface area contributed by atoms with Gasteiger partial charge in [-0.1, -0.05) is 45.8 Å². The van der Waals surface area contributed by atoms with Crippen molar-refractivity contribution < 1.29 is 4.74 Å². The van der Waals surface area contributed by atoms with Crippen molar-refractivity contribution in [2.24, 2.45) is 10.7 Å². The molecule has 0 aliphatic carbocycles. The van der Waals surface area contributed by atoms with Crippen molar-refractivity contribution in [3.63, 3.8) is 0 Å². The van der Waals surface area contributed by atoms with Gasteiger partial charge in [0.05, 0.1) is 6.54 Å². The number of nitrogens with two attached hydrogens (primary N) is 1. The molecule has 1 aliphatic heterocycles. The van der Waals surface area contributed by atoms with Gasteiger partial charge >= 0.3 is 0 Å². The molecule has 1 saturated heterocycles. The van der Waals surface area contributed by atoms with Gasteiger partial charge in [-0.2, -0.15) is 0 Å². The highest BCUT2D eigenvalue weighted by molar-refractivity contribution is 14.0. The predicted molar refractivity (Wildman–Crippen MR) is 123 cm³/mol. The third-order valence-corrected chi connectivity index (χ3v) is 5.31. The number of nitrogens with zero attached hydrogens (tertiary/aromatic N) is 1. The van der Waals surface area contributed by atoms with Gasteiger partial charge in [0, 0.05) is 28.8 Å². The second kappa shape index (κ2) is 9.71. The number of anilines is 1. The monoisotopic (exact) mass is 529 g/mol. The zero-order valence-corrected chi connectivity index (χ0v) is 18.8. The van der Waals surface area contributed by atoms with Crippen LogP contribution in [0, 0.1) is 6.92 Å². The Labute approximate surface area is 180 Å². The summed E-state index contributed by atoms with van der Waals surface area (Å²) in [4.78, 5) is 4.65. The van der Waals surface area contributed by atoms with Gasteiger partial charge in [-0.25, -0.2) is 0 Å². The fraction of sp³-hybridized carbons (Fsp3) is 0.350. The largest absolute Gasteiger partial charge is 0.381 e. The first-order chi connectivity index (χ1) is 12.1. The molecule has 26 heavy (non-hydrogen) atoms. The zero-order chi connectivity index (χ0) is 17.7. The van der Waals surface area contributed by atoms with Crippen molar-refractivity contribution in [1.29, 1.82) is 0 Å². The molecule has 0 spiro atoms. The van der Waals surface area contributed by atoms with E-state index in [4.69, 9.17) is 10.5 Å². The highest BCUT2D eigenvalue weighted by atomic mass is 127. The summed E-state index contributed by atoms with van der Waals surface area (Å²) in [6, 6.07) is 16.7. The van der Waals surface area contributed by atoms with Gasteiger partial charge in [-0.15, -0.1) is 24.0 Å². The first-order valence-corrected chi connectivity index (χ1v) is 9.34. The van der Waals surface area contributed by atoms with Crippen molar-refractivity contribution in [1.82, 2.24) is 0 Å². The Morgan fingerprint density at radius 1 is 1.12 bits per heavy atom. The minimum atomic E-state index is -0.0154. The standard InChI is InChI=1S/C20H24BrN3O.HI/c1-15-2-8-18(9-3-15)24-19(22)23-14-20(10-12-25-13-11-20)16-4-6-17(21)7-5-16;/h2-9H,10-14H2,1H3,(H3,22,23,24);1H. The van der Waals surface area contributed by atoms with Crippen LogP contribution in [-0.4, -0.2) is 25.7 Å². The van der Waals surface area contributed by atoms with Crippen LogP contribution in [0.1, 0.15) is 24.0 Å². The Morgan fingerprint density at radius 3 is 2.35 bits per heavy atom. The van der Waals surface area contributed by atoms with Gasteiger partial charge in [-0.05, 0) is 49.6 Å². The van der Waals surface area contributed by atoms with E-state index in [-0.39, 0.29) is 29.4 Å². The maximum Gasteiger partial charge on any atom is 0.193 e. The van der Waals surface area contributed by atoms with Crippen LogP contribution in [0.4, 0.5) is 5.69 Å². The number of hydrogen-bond donors (Lipinski definition) is 2. The molecule has 1 aliphatic rings. The number of benzene rings is 2. The van der Waals surface area contributed by atoms with Crippen molar-refractivity contribution in [2.75, 3.05) is 25.1 Å². The van der Waals surface area contributed by atoms with E-state index in [0.717, 1.165) is 36.2 Å². The highest BCUT2D eigenvalue weighted by Gasteiger charge is 2.34. The second-order valence-electron chi connectivity index (χ2n) is 6.59. The maximum atomic E-state index is 6.12. The number of halogens is 2. The van der Waals surface area contributed by atoms with Crippen LogP contribution in [0.5, 0.6) is 0 Å². The number of hydrogen-bond acceptors (Lipinski definition) is 2. The Kier molecular flexibility index (Phi) is 7.91. The van der Waals surface area contributed by atoms with E-state index in [1.54, 1.807) is 0 Å². The molecule has 1 fully saturated rings. The Bertz CT molecular complexity index is 726. The minimum Gasteiger partial charge on any atom is -0.381 e. The summed E-state index contributed by atoms with van der Waals surface area (Å²) < 4.78 is 6.66. The number of ether oxygens (including phenoxy) is 1. The lowest BCUT2D eigenvalue weighted by Crippen LogP contribution is -2.38. The van der Waals surface area contributed by atoms with Gasteiger partial charge in [0.1, 0.15) is 0 Å². The first kappa shape index (κ1) is 21.2. The topological polar surface area (TPSA) is 59.6 Å². The number of nitrogens with one attached hydrogen (secondary N) is 1. The lowest BCUT2D eigenvalue weighted by Gasteiger charge is -2.36. The lowest BCUT2D eigenvalue weighted by molar-refractivity contribution is 0.0531. The molecule has 4 nitrogen and oxygen atoms in total. The summed E-state index contributed by atoms with van der Waals surface area (Å²) in [6.07, 6.45) is 1.91. The van der Waals surface area contributed by atoms with E-state index >= 15 is 0 Å². The van der Waals surface area contributed by atoms with E-state index in [0.29, 0.717) is 12.5 Å². The fourth-order valence-corrected chi connectivity index (χ4v) is 3.43. The summed E-state index contributed by atoms with van der Waals surface area (Å²) in [5, 5.41) is 3.18. The maximum absolute atomic E-state index is 6.12. The minimum absolute atomic E-state index is 0. The van der Waals surface area contributed by atoms with Gasteiger partial charge in [-0.3, -0.25) is 4.99 Å². The normalized spacial score (nSPS) is 16.6. The molecule has 0 aromatic heterocycles. The Balaban J connectivity index is 0.00000243. The molecule has 140 valence electrons. The smallest absolute Gasteiger partial charge is 0.193 e. The summed E-state index contributed by atoms with van der Waals surface area (Å²) in [5.74, 6) is 0.451. The number of rotatable bonds is 4. The van der Waals surface area contributed by atoms with Gasteiger partial charge in [0.25, 0.3) is 0 Å². The molecule has 0 radical (unpaired) electrons. The van der Waals surface area contributed by atoms with Gasteiger partial charge in [0.2, 0.25) is 0 Å². The highest BCUT2D eigenvalue weighted by Crippen LogP contribution is 2.35. The number of guanidine groups is 1. The molecule has 3 N–H and O–H groups in total. The number of aliphatic imine (C=N–C) groups is 1. The summed E-state index contributed by atoms with van der Waals surface area (Å²) in [6.45, 7) is 4.24. The molecular weight excluding hydrogens is 505 g/mol. The third kappa shape index (κ3) is 5.44. The summed E-state index contributed by atoms with van der Waals surface area (Å²) in [5.41, 5.74) is 9.58. The summed E-state index contributed by atoms with van der Waals surface area (Å²) >= 11 is 3.51. The molecule has 1 heterocycles. The van der Waals surface area contributed by atoms with Crippen LogP contribution in [-0.2, 0) is 10.2 Å². The van der Waals surface area contributed by atoms with Crippen LogP contribution in [0.3, 0.4) is 0 Å². The quantitative estimate of drug-likeness (QED) is 0.338. The molecule has 0 saturated carbocycles. The van der Waals surface area contributed by atoms with E-state index < -0.39 is 0 Å². The molecular formula is C20H25BrIN3O. The molecule has 0 atom stereocenters. The SMILES string of the molecule is Cc1ccc(NC(N)=NCC2(c3ccc(Br)cc3)CCOCC2)cc1.I. The first-order valence-electron chi connectivity index (χ1n) is 8.55. The Hall–Kier alpha value is -1.12. The fourth-order valence-electron chi connectivity index (χ4n) is 3.16. The van der Waals surface area contributed by atoms with Gasteiger partial charge < -0.3 is 15.8 Å². The van der Waals surface area contributed by atoms with Crippen LogP contribution >= 0.6 is 39.9 Å². The van der Waals surface area contributed by atoms with E-state index in [1.807, 2.05) is 12.1 Å². The van der Waals surface area contributed by atoms with E-state index in [9.17, 15) is 0 Å². The lowest BCUT2D eigenvalue weighted by atomic mass is 9.74. The summed E-state index contributed by atoms with van der Waals surface area (Å²) in [7, 11) is 0. The molecule has 0 amide bonds. The third-order valence-electron chi connectivity index (χ3n) is 4.78. The molecule has 3 rings (SSSR count). The molecule has 6 heteroatoms. The van der Waals surface area contributed by atoms with Crippen LogP contribution in [0.2, 0.25) is 0 Å².